The van der Waals surface area contributed by atoms with Gasteiger partial charge < -0.3 is 9.84 Å². The van der Waals surface area contributed by atoms with E-state index in [0.717, 1.165) is 14.4 Å². The quantitative estimate of drug-likeness (QED) is 0.740. The summed E-state index contributed by atoms with van der Waals surface area (Å²) in [5.41, 5.74) is 0. The standard InChI is InChI=1S/C13H15FN2O2S3/c1-2-19-12-15-16-13(21-12)20-8-10(17)7-18-11-5-3-9(14)4-6-11/h3-6,10,17H,2,7-8H2,1H3. The second-order valence-corrected chi connectivity index (χ2v) is 7.75. The van der Waals surface area contributed by atoms with Crippen molar-refractivity contribution >= 4 is 34.9 Å². The number of aliphatic hydroxyl groups excluding tert-OH is 1. The normalized spacial score (nSPS) is 12.3. The smallest absolute Gasteiger partial charge is 0.175 e. The van der Waals surface area contributed by atoms with E-state index in [1.54, 1.807) is 11.8 Å². The first-order valence-corrected chi connectivity index (χ1v) is 9.11. The minimum Gasteiger partial charge on any atom is -0.491 e. The van der Waals surface area contributed by atoms with Crippen LogP contribution in [0.2, 0.25) is 0 Å². The Kier molecular flexibility index (Phi) is 6.75. The lowest BCUT2D eigenvalue weighted by atomic mass is 10.3. The summed E-state index contributed by atoms with van der Waals surface area (Å²) in [7, 11) is 0. The number of thioether (sulfide) groups is 2. The van der Waals surface area contributed by atoms with Gasteiger partial charge in [0, 0.05) is 5.75 Å². The van der Waals surface area contributed by atoms with Gasteiger partial charge >= 0.3 is 0 Å². The maximum Gasteiger partial charge on any atom is 0.175 e. The first kappa shape index (κ1) is 16.5. The molecule has 0 bridgehead atoms. The van der Waals surface area contributed by atoms with Crippen LogP contribution in [0.5, 0.6) is 5.75 Å². The van der Waals surface area contributed by atoms with Gasteiger partial charge in [-0.3, -0.25) is 0 Å². The van der Waals surface area contributed by atoms with Crippen LogP contribution in [0, 0.1) is 5.82 Å². The number of aromatic nitrogens is 2. The Morgan fingerprint density at radius 2 is 1.90 bits per heavy atom. The molecule has 114 valence electrons. The van der Waals surface area contributed by atoms with E-state index in [2.05, 4.69) is 17.1 Å². The van der Waals surface area contributed by atoms with Gasteiger partial charge in [0.25, 0.3) is 0 Å². The zero-order chi connectivity index (χ0) is 15.1. The van der Waals surface area contributed by atoms with E-state index >= 15 is 0 Å². The number of rotatable bonds is 8. The molecule has 1 aromatic heterocycles. The number of hydrogen-bond donors (Lipinski definition) is 1. The molecule has 1 aromatic carbocycles. The van der Waals surface area contributed by atoms with Crippen LogP contribution in [0.1, 0.15) is 6.92 Å². The van der Waals surface area contributed by atoms with Crippen molar-refractivity contribution in [1.29, 1.82) is 0 Å². The topological polar surface area (TPSA) is 55.2 Å². The van der Waals surface area contributed by atoms with Crippen molar-refractivity contribution in [3.63, 3.8) is 0 Å². The van der Waals surface area contributed by atoms with Gasteiger partial charge in [-0.15, -0.1) is 10.2 Å². The summed E-state index contributed by atoms with van der Waals surface area (Å²) < 4.78 is 19.9. The highest BCUT2D eigenvalue weighted by Crippen LogP contribution is 2.28. The number of nitrogens with zero attached hydrogens (tertiary/aromatic N) is 2. The Morgan fingerprint density at radius 3 is 2.57 bits per heavy atom. The van der Waals surface area contributed by atoms with Crippen molar-refractivity contribution in [2.24, 2.45) is 0 Å². The van der Waals surface area contributed by atoms with Gasteiger partial charge in [-0.2, -0.15) is 0 Å². The average molecular weight is 346 g/mol. The van der Waals surface area contributed by atoms with E-state index in [0.29, 0.717) is 11.5 Å². The fourth-order valence-electron chi connectivity index (χ4n) is 1.38. The summed E-state index contributed by atoms with van der Waals surface area (Å²) in [4.78, 5) is 0. The second-order valence-electron chi connectivity index (χ2n) is 4.00. The van der Waals surface area contributed by atoms with Gasteiger partial charge in [-0.05, 0) is 30.0 Å². The fourth-order valence-corrected chi connectivity index (χ4v) is 4.23. The fraction of sp³-hybridized carbons (Fsp3) is 0.385. The molecular weight excluding hydrogens is 331 g/mol. The second kappa shape index (κ2) is 8.57. The molecule has 0 fully saturated rings. The van der Waals surface area contributed by atoms with Crippen molar-refractivity contribution in [3.8, 4) is 5.75 Å². The Labute approximate surface area is 135 Å². The highest BCUT2D eigenvalue weighted by atomic mass is 32.2. The van der Waals surface area contributed by atoms with E-state index < -0.39 is 6.10 Å². The molecule has 1 heterocycles. The summed E-state index contributed by atoms with van der Waals surface area (Å²) in [6.45, 7) is 2.23. The monoisotopic (exact) mass is 346 g/mol. The molecule has 4 nitrogen and oxygen atoms in total. The first-order valence-electron chi connectivity index (χ1n) is 6.33. The number of benzene rings is 1. The summed E-state index contributed by atoms with van der Waals surface area (Å²) in [5.74, 6) is 1.67. The zero-order valence-corrected chi connectivity index (χ0v) is 13.8. The molecule has 0 aliphatic rings. The molecule has 1 atom stereocenters. The SMILES string of the molecule is CCSc1nnc(SCC(O)COc2ccc(F)cc2)s1. The van der Waals surface area contributed by atoms with Gasteiger partial charge in [0.05, 0.1) is 6.10 Å². The van der Waals surface area contributed by atoms with Crippen LogP contribution < -0.4 is 4.74 Å². The van der Waals surface area contributed by atoms with E-state index in [4.69, 9.17) is 4.74 Å². The molecule has 2 aromatic rings. The largest absolute Gasteiger partial charge is 0.491 e. The van der Waals surface area contributed by atoms with E-state index in [-0.39, 0.29) is 12.4 Å². The minimum absolute atomic E-state index is 0.161. The maximum atomic E-state index is 12.7. The number of halogens is 1. The van der Waals surface area contributed by atoms with E-state index in [9.17, 15) is 9.50 Å². The molecule has 0 saturated heterocycles. The van der Waals surface area contributed by atoms with Crippen LogP contribution in [-0.2, 0) is 0 Å². The zero-order valence-electron chi connectivity index (χ0n) is 11.4. The van der Waals surface area contributed by atoms with Crippen molar-refractivity contribution in [1.82, 2.24) is 10.2 Å². The van der Waals surface area contributed by atoms with Crippen LogP contribution in [-0.4, -0.2) is 39.5 Å². The summed E-state index contributed by atoms with van der Waals surface area (Å²) in [6.07, 6.45) is -0.619. The molecule has 0 aliphatic carbocycles. The summed E-state index contributed by atoms with van der Waals surface area (Å²) in [5, 5.41) is 18.0. The van der Waals surface area contributed by atoms with Gasteiger partial charge in [0.2, 0.25) is 0 Å². The van der Waals surface area contributed by atoms with Crippen LogP contribution in [0.25, 0.3) is 0 Å². The van der Waals surface area contributed by atoms with Gasteiger partial charge in [-0.1, -0.05) is 41.8 Å². The number of aliphatic hydroxyl groups is 1. The number of ether oxygens (including phenoxy) is 1. The van der Waals surface area contributed by atoms with Gasteiger partial charge in [0.15, 0.2) is 8.68 Å². The Hall–Kier alpha value is -0.830. The van der Waals surface area contributed by atoms with Crippen molar-refractivity contribution in [3.05, 3.63) is 30.1 Å². The van der Waals surface area contributed by atoms with Crippen LogP contribution in [0.3, 0.4) is 0 Å². The van der Waals surface area contributed by atoms with E-state index in [1.807, 2.05) is 0 Å². The Bertz CT molecular complexity index is 551. The molecule has 1 N–H and O–H groups in total. The predicted molar refractivity (Wildman–Crippen MR) is 84.9 cm³/mol. The maximum absolute atomic E-state index is 12.7. The highest BCUT2D eigenvalue weighted by molar-refractivity contribution is 8.03. The third kappa shape index (κ3) is 5.82. The molecular formula is C13H15FN2O2S3. The van der Waals surface area contributed by atoms with Crippen LogP contribution in [0.4, 0.5) is 4.39 Å². The lowest BCUT2D eigenvalue weighted by Crippen LogP contribution is -2.20. The molecule has 8 heteroatoms. The van der Waals surface area contributed by atoms with Crippen LogP contribution in [0.15, 0.2) is 32.9 Å². The van der Waals surface area contributed by atoms with E-state index in [1.165, 1.54) is 47.4 Å². The molecule has 21 heavy (non-hydrogen) atoms. The van der Waals surface area contributed by atoms with Gasteiger partial charge in [0.1, 0.15) is 18.2 Å². The van der Waals surface area contributed by atoms with Crippen molar-refractivity contribution < 1.29 is 14.2 Å². The Morgan fingerprint density at radius 1 is 1.24 bits per heavy atom. The lowest BCUT2D eigenvalue weighted by Gasteiger charge is -2.11. The molecule has 1 unspecified atom stereocenters. The summed E-state index contributed by atoms with van der Waals surface area (Å²) in [6, 6.07) is 5.72. The predicted octanol–water partition coefficient (Wildman–Crippen LogP) is 3.32. The molecule has 0 aliphatic heterocycles. The average Bonchev–Trinajstić information content (AvgIpc) is 2.93. The molecule has 0 amide bonds. The molecule has 0 spiro atoms. The third-order valence-corrected chi connectivity index (χ3v) is 5.53. The first-order chi connectivity index (χ1) is 10.2. The summed E-state index contributed by atoms with van der Waals surface area (Å²) >= 11 is 4.63. The lowest BCUT2D eigenvalue weighted by molar-refractivity contribution is 0.126. The molecule has 0 saturated carbocycles. The number of hydrogen-bond acceptors (Lipinski definition) is 7. The highest BCUT2D eigenvalue weighted by Gasteiger charge is 2.10. The minimum atomic E-state index is -0.619. The van der Waals surface area contributed by atoms with Crippen LogP contribution >= 0.6 is 34.9 Å². The Balaban J connectivity index is 1.71. The third-order valence-electron chi connectivity index (χ3n) is 2.31. The van der Waals surface area contributed by atoms with Crippen molar-refractivity contribution in [2.75, 3.05) is 18.1 Å². The van der Waals surface area contributed by atoms with Crippen molar-refractivity contribution in [2.45, 2.75) is 21.7 Å². The van der Waals surface area contributed by atoms with Gasteiger partial charge in [-0.25, -0.2) is 4.39 Å². The molecule has 0 radical (unpaired) electrons. The molecule has 2 rings (SSSR count).